The van der Waals surface area contributed by atoms with E-state index in [0.29, 0.717) is 22.6 Å². The van der Waals surface area contributed by atoms with Crippen LogP contribution in [0.5, 0.6) is 0 Å². The van der Waals surface area contributed by atoms with E-state index < -0.39 is 23.3 Å². The van der Waals surface area contributed by atoms with Crippen LogP contribution in [0.1, 0.15) is 18.1 Å². The summed E-state index contributed by atoms with van der Waals surface area (Å²) in [6.45, 7) is 3.64. The Balaban J connectivity index is 1.36. The number of quaternary nitrogens is 1. The fraction of sp³-hybridized carbons (Fsp3) is 0.241. The lowest BCUT2D eigenvalue weighted by Gasteiger charge is -2.27. The van der Waals surface area contributed by atoms with Gasteiger partial charge in [0.15, 0.2) is 0 Å². The first-order chi connectivity index (χ1) is 18.2. The van der Waals surface area contributed by atoms with E-state index in [1.54, 1.807) is 30.3 Å². The Morgan fingerprint density at radius 2 is 1.66 bits per heavy atom. The molecule has 2 saturated heterocycles. The van der Waals surface area contributed by atoms with Crippen molar-refractivity contribution in [1.29, 1.82) is 0 Å². The first kappa shape index (κ1) is 24.5. The highest BCUT2D eigenvalue weighted by Crippen LogP contribution is 2.51. The summed E-state index contributed by atoms with van der Waals surface area (Å²) in [5.41, 5.74) is 2.11. The van der Waals surface area contributed by atoms with Gasteiger partial charge in [-0.15, -0.1) is 0 Å². The monoisotopic (exact) mass is 573 g/mol. The molecular weight excluding hydrogens is 548 g/mol. The second-order valence-corrected chi connectivity index (χ2v) is 11.1. The van der Waals surface area contributed by atoms with Gasteiger partial charge in [-0.05, 0) is 56.3 Å². The van der Waals surface area contributed by atoms with Gasteiger partial charge in [0.1, 0.15) is 18.4 Å². The number of nitrogens with one attached hydrogen (secondary N) is 1. The molecule has 0 aliphatic carbocycles. The Hall–Kier alpha value is -3.82. The minimum atomic E-state index is -1.32. The van der Waals surface area contributed by atoms with E-state index in [-0.39, 0.29) is 30.3 Å². The molecule has 3 aliphatic heterocycles. The molecule has 1 spiro atoms. The van der Waals surface area contributed by atoms with Crippen molar-refractivity contribution in [1.82, 2.24) is 0 Å². The summed E-state index contributed by atoms with van der Waals surface area (Å²) in [4.78, 5) is 57.6. The largest absolute Gasteiger partial charge is 0.326 e. The van der Waals surface area contributed by atoms with Crippen LogP contribution in [0.15, 0.2) is 77.3 Å². The molecular formula is C29H26BrN4O4+. The Morgan fingerprint density at radius 1 is 0.974 bits per heavy atom. The number of halogens is 1. The highest BCUT2D eigenvalue weighted by atomic mass is 79.9. The van der Waals surface area contributed by atoms with E-state index in [1.807, 2.05) is 61.6 Å². The molecule has 3 aromatic rings. The molecule has 0 unspecified atom stereocenters. The Bertz CT molecular complexity index is 1490. The van der Waals surface area contributed by atoms with Crippen LogP contribution < -0.4 is 20.4 Å². The van der Waals surface area contributed by atoms with E-state index in [9.17, 15) is 19.2 Å². The lowest BCUT2D eigenvalue weighted by atomic mass is 9.76. The summed E-state index contributed by atoms with van der Waals surface area (Å²) < 4.78 is 0.832. The topological polar surface area (TPSA) is 103 Å². The number of nitrogens with two attached hydrogens (primary N) is 1. The smallest absolute Gasteiger partial charge is 0.294 e. The van der Waals surface area contributed by atoms with Crippen molar-refractivity contribution >= 4 is 56.6 Å². The summed E-state index contributed by atoms with van der Waals surface area (Å²) in [7, 11) is 0. The first-order valence-electron chi connectivity index (χ1n) is 12.5. The van der Waals surface area contributed by atoms with E-state index in [4.69, 9.17) is 0 Å². The van der Waals surface area contributed by atoms with E-state index in [0.717, 1.165) is 10.0 Å². The number of amides is 4. The van der Waals surface area contributed by atoms with Crippen LogP contribution in [-0.4, -0.2) is 36.2 Å². The van der Waals surface area contributed by atoms with Gasteiger partial charge < -0.3 is 10.6 Å². The van der Waals surface area contributed by atoms with Gasteiger partial charge in [-0.3, -0.25) is 24.1 Å². The van der Waals surface area contributed by atoms with Gasteiger partial charge in [-0.2, -0.15) is 0 Å². The molecule has 0 radical (unpaired) electrons. The zero-order chi connectivity index (χ0) is 26.8. The molecule has 0 bridgehead atoms. The number of anilines is 3. The highest BCUT2D eigenvalue weighted by molar-refractivity contribution is 9.10. The molecule has 192 valence electrons. The molecule has 9 heteroatoms. The van der Waals surface area contributed by atoms with Gasteiger partial charge in [-0.1, -0.05) is 51.8 Å². The maximum Gasteiger partial charge on any atom is 0.294 e. The zero-order valence-corrected chi connectivity index (χ0v) is 22.4. The molecule has 3 N–H and O–H groups in total. The molecule has 4 atom stereocenters. The van der Waals surface area contributed by atoms with Crippen molar-refractivity contribution in [2.24, 2.45) is 11.8 Å². The predicted octanol–water partition coefficient (Wildman–Crippen LogP) is 2.71. The number of fused-ring (bicyclic) bond motifs is 4. The number of carbonyl (C=O) groups is 4. The molecule has 8 nitrogen and oxygen atoms in total. The summed E-state index contributed by atoms with van der Waals surface area (Å²) in [5, 5.41) is 4.71. The van der Waals surface area contributed by atoms with Gasteiger partial charge in [0.25, 0.3) is 5.91 Å². The van der Waals surface area contributed by atoms with Crippen LogP contribution in [0.2, 0.25) is 0 Å². The number of imide groups is 1. The number of hydrogen-bond donors (Lipinski definition) is 2. The van der Waals surface area contributed by atoms with Crippen molar-refractivity contribution in [3.05, 3.63) is 88.4 Å². The lowest BCUT2D eigenvalue weighted by molar-refractivity contribution is -0.730. The molecule has 4 amide bonds. The molecule has 2 fully saturated rings. The minimum absolute atomic E-state index is 0.205. The molecule has 3 heterocycles. The summed E-state index contributed by atoms with van der Waals surface area (Å²) in [6, 6.07) is 21.3. The molecule has 38 heavy (non-hydrogen) atoms. The Labute approximate surface area is 228 Å². The number of rotatable bonds is 4. The Kier molecular flexibility index (Phi) is 5.73. The third kappa shape index (κ3) is 3.53. The number of carbonyl (C=O) groups excluding carboxylic acids is 4. The van der Waals surface area contributed by atoms with Gasteiger partial charge in [0, 0.05) is 15.7 Å². The molecule has 6 rings (SSSR count). The van der Waals surface area contributed by atoms with E-state index in [1.165, 1.54) is 9.80 Å². The summed E-state index contributed by atoms with van der Waals surface area (Å²) in [6.07, 6.45) is 0. The lowest BCUT2D eigenvalue weighted by Crippen LogP contribution is -2.98. The van der Waals surface area contributed by atoms with Crippen LogP contribution in [-0.2, 0) is 24.7 Å². The quantitative estimate of drug-likeness (QED) is 0.468. The third-order valence-corrected chi connectivity index (χ3v) is 8.42. The first-order valence-corrected chi connectivity index (χ1v) is 13.3. The second kappa shape index (κ2) is 8.89. The SMILES string of the molecule is Cc1ccc(NC(=O)CN2C(=O)[C@@]3([NH2+][C@@H](C)[C@H]4C(=O)N(c5ccc(Br)cc5)C(=O)[C@@H]43)c3ccccc32)cc1. The fourth-order valence-electron chi connectivity index (χ4n) is 6.27. The standard InChI is InChI=1S/C29H25BrN4O4/c1-16-7-11-19(12-8-16)31-23(35)15-33-22-6-4-3-5-21(22)29(28(33)38)25-24(17(2)32-29)26(36)34(27(25)37)20-13-9-18(30)10-14-20/h3-14,17,24-25,32H,15H2,1-2H3,(H,31,35)/p+1/t17-,24+,25+,29+/m0/s1. The molecule has 3 aromatic carbocycles. The number of nitrogens with zero attached hydrogens (tertiary/aromatic N) is 2. The van der Waals surface area contributed by atoms with E-state index in [2.05, 4.69) is 21.2 Å². The fourth-order valence-corrected chi connectivity index (χ4v) is 6.54. The summed E-state index contributed by atoms with van der Waals surface area (Å²) >= 11 is 3.39. The maximum atomic E-state index is 14.3. The molecule has 0 saturated carbocycles. The van der Waals surface area contributed by atoms with Gasteiger partial charge in [0.05, 0.1) is 17.4 Å². The van der Waals surface area contributed by atoms with E-state index >= 15 is 0 Å². The van der Waals surface area contributed by atoms with Crippen LogP contribution >= 0.6 is 15.9 Å². The van der Waals surface area contributed by atoms with Crippen molar-refractivity contribution in [2.45, 2.75) is 25.4 Å². The average Bonchev–Trinajstić information content (AvgIpc) is 3.44. The number of aryl methyl sites for hydroxylation is 1. The van der Waals surface area contributed by atoms with Crippen molar-refractivity contribution in [3.8, 4) is 0 Å². The predicted molar refractivity (Wildman–Crippen MR) is 145 cm³/mol. The second-order valence-electron chi connectivity index (χ2n) is 10.2. The van der Waals surface area contributed by atoms with Crippen molar-refractivity contribution in [2.75, 3.05) is 21.7 Å². The van der Waals surface area contributed by atoms with Crippen LogP contribution in [0.3, 0.4) is 0 Å². The summed E-state index contributed by atoms with van der Waals surface area (Å²) in [5.74, 6) is -2.93. The van der Waals surface area contributed by atoms with Crippen LogP contribution in [0.25, 0.3) is 0 Å². The average molecular weight is 574 g/mol. The zero-order valence-electron chi connectivity index (χ0n) is 20.9. The number of hydrogen-bond acceptors (Lipinski definition) is 4. The normalized spacial score (nSPS) is 25.8. The van der Waals surface area contributed by atoms with Crippen LogP contribution in [0, 0.1) is 18.8 Å². The minimum Gasteiger partial charge on any atom is -0.326 e. The third-order valence-electron chi connectivity index (χ3n) is 7.90. The van der Waals surface area contributed by atoms with Gasteiger partial charge >= 0.3 is 0 Å². The Morgan fingerprint density at radius 3 is 2.37 bits per heavy atom. The maximum absolute atomic E-state index is 14.3. The number of para-hydroxylation sites is 1. The van der Waals surface area contributed by atoms with Gasteiger partial charge in [-0.25, -0.2) is 4.90 Å². The number of benzene rings is 3. The van der Waals surface area contributed by atoms with Crippen molar-refractivity contribution < 1.29 is 24.5 Å². The molecule has 0 aromatic heterocycles. The van der Waals surface area contributed by atoms with Gasteiger partial charge in [0.2, 0.25) is 23.3 Å². The van der Waals surface area contributed by atoms with Crippen LogP contribution in [0.4, 0.5) is 17.1 Å². The molecule has 3 aliphatic rings. The van der Waals surface area contributed by atoms with Crippen molar-refractivity contribution in [3.63, 3.8) is 0 Å². The highest BCUT2D eigenvalue weighted by Gasteiger charge is 2.74.